The van der Waals surface area contributed by atoms with Crippen LogP contribution in [0.1, 0.15) is 36.7 Å². The molecule has 2 rings (SSSR count). The van der Waals surface area contributed by atoms with Gasteiger partial charge in [0.25, 0.3) is 0 Å². The highest BCUT2D eigenvalue weighted by Gasteiger charge is 2.01. The molecule has 0 saturated heterocycles. The Hall–Kier alpha value is -2.31. The van der Waals surface area contributed by atoms with E-state index in [4.69, 9.17) is 0 Å². The van der Waals surface area contributed by atoms with Gasteiger partial charge in [-0.2, -0.15) is 10.2 Å². The molecule has 0 aliphatic carbocycles. The van der Waals surface area contributed by atoms with Crippen molar-refractivity contribution in [2.45, 2.75) is 46.6 Å². The fourth-order valence-electron chi connectivity index (χ4n) is 2.75. The van der Waals surface area contributed by atoms with Gasteiger partial charge in [0.05, 0.1) is 11.9 Å². The van der Waals surface area contributed by atoms with Crippen molar-refractivity contribution in [3.8, 4) is 0 Å². The Kier molecular flexibility index (Phi) is 7.50. The highest BCUT2D eigenvalue weighted by Crippen LogP contribution is 2.03. The number of aryl methyl sites for hydroxylation is 5. The van der Waals surface area contributed by atoms with Crippen molar-refractivity contribution >= 4 is 5.96 Å². The molecule has 0 aliphatic rings. The maximum Gasteiger partial charge on any atom is 0.191 e. The summed E-state index contributed by atoms with van der Waals surface area (Å²) in [7, 11) is 1.95. The van der Waals surface area contributed by atoms with Gasteiger partial charge in [-0.1, -0.05) is 0 Å². The van der Waals surface area contributed by atoms with E-state index >= 15 is 0 Å². The van der Waals surface area contributed by atoms with Gasteiger partial charge in [0, 0.05) is 45.1 Å². The van der Waals surface area contributed by atoms with Crippen molar-refractivity contribution < 1.29 is 0 Å². The number of nitrogens with one attached hydrogen (secondary N) is 2. The minimum absolute atomic E-state index is 0.788. The third-order valence-electron chi connectivity index (χ3n) is 3.94. The van der Waals surface area contributed by atoms with Gasteiger partial charge < -0.3 is 10.6 Å². The minimum atomic E-state index is 0.788. The fraction of sp³-hybridized carbons (Fsp3) is 0.611. The van der Waals surface area contributed by atoms with Crippen LogP contribution < -0.4 is 10.6 Å². The second-order valence-electron chi connectivity index (χ2n) is 6.32. The Morgan fingerprint density at radius 2 is 2.08 bits per heavy atom. The van der Waals surface area contributed by atoms with E-state index in [0.717, 1.165) is 57.1 Å². The monoisotopic (exact) mass is 345 g/mol. The molecule has 25 heavy (non-hydrogen) atoms. The van der Waals surface area contributed by atoms with Crippen LogP contribution in [0.5, 0.6) is 0 Å². The molecule has 2 heterocycles. The molecule has 0 atom stereocenters. The minimum Gasteiger partial charge on any atom is -0.357 e. The number of hydrogen-bond donors (Lipinski definition) is 2. The zero-order chi connectivity index (χ0) is 18.1. The normalized spacial score (nSPS) is 11.8. The zero-order valence-corrected chi connectivity index (χ0v) is 15.9. The molecule has 2 aromatic heterocycles. The van der Waals surface area contributed by atoms with Crippen LogP contribution in [-0.2, 0) is 20.0 Å². The molecule has 0 unspecified atom stereocenters. The lowest BCUT2D eigenvalue weighted by Gasteiger charge is -2.11. The Morgan fingerprint density at radius 3 is 2.72 bits per heavy atom. The van der Waals surface area contributed by atoms with E-state index in [0.29, 0.717) is 0 Å². The third-order valence-corrected chi connectivity index (χ3v) is 3.94. The standard InChI is InChI=1S/C18H31N7/c1-5-19-18(20-9-6-8-17-13-22-24(4)14-17)21-10-7-11-25-16(3)12-15(2)23-25/h12-14H,5-11H2,1-4H3,(H2,19,20,21). The third kappa shape index (κ3) is 6.60. The maximum absolute atomic E-state index is 4.65. The molecule has 2 N–H and O–H groups in total. The van der Waals surface area contributed by atoms with Gasteiger partial charge in [-0.25, -0.2) is 0 Å². The van der Waals surface area contributed by atoms with Crippen molar-refractivity contribution in [2.75, 3.05) is 19.6 Å². The molecular formula is C18H31N7. The summed E-state index contributed by atoms with van der Waals surface area (Å²) in [6, 6.07) is 2.11. The van der Waals surface area contributed by atoms with Gasteiger partial charge in [0.1, 0.15) is 0 Å². The number of aliphatic imine (C=N–C) groups is 1. The van der Waals surface area contributed by atoms with Crippen molar-refractivity contribution in [3.05, 3.63) is 35.4 Å². The lowest BCUT2D eigenvalue weighted by atomic mass is 10.2. The number of guanidine groups is 1. The number of rotatable bonds is 9. The molecule has 0 amide bonds. The first-order valence-electron chi connectivity index (χ1n) is 9.09. The number of aromatic nitrogens is 4. The predicted molar refractivity (Wildman–Crippen MR) is 102 cm³/mol. The number of hydrogen-bond acceptors (Lipinski definition) is 3. The van der Waals surface area contributed by atoms with Crippen molar-refractivity contribution in [1.29, 1.82) is 0 Å². The summed E-state index contributed by atoms with van der Waals surface area (Å²) in [4.78, 5) is 4.65. The molecule has 0 aliphatic heterocycles. The summed E-state index contributed by atoms with van der Waals surface area (Å²) in [5, 5.41) is 15.4. The van der Waals surface area contributed by atoms with E-state index in [2.05, 4.69) is 56.6 Å². The molecule has 0 radical (unpaired) electrons. The van der Waals surface area contributed by atoms with Gasteiger partial charge >= 0.3 is 0 Å². The van der Waals surface area contributed by atoms with Gasteiger partial charge in [0.15, 0.2) is 5.96 Å². The Morgan fingerprint density at radius 1 is 1.24 bits per heavy atom. The number of nitrogens with zero attached hydrogens (tertiary/aromatic N) is 5. The van der Waals surface area contributed by atoms with Crippen LogP contribution in [0.4, 0.5) is 0 Å². The molecular weight excluding hydrogens is 314 g/mol. The van der Waals surface area contributed by atoms with Gasteiger partial charge in [-0.15, -0.1) is 0 Å². The van der Waals surface area contributed by atoms with Gasteiger partial charge in [-0.05, 0) is 51.7 Å². The highest BCUT2D eigenvalue weighted by atomic mass is 15.3. The molecule has 0 spiro atoms. The molecule has 7 nitrogen and oxygen atoms in total. The largest absolute Gasteiger partial charge is 0.357 e. The average molecular weight is 345 g/mol. The SMILES string of the molecule is CCNC(=NCCCn1nc(C)cc1C)NCCCc1cnn(C)c1. The molecule has 0 bridgehead atoms. The predicted octanol–water partition coefficient (Wildman–Crippen LogP) is 1.81. The summed E-state index contributed by atoms with van der Waals surface area (Å²) in [5.74, 6) is 0.891. The van der Waals surface area contributed by atoms with Crippen molar-refractivity contribution in [1.82, 2.24) is 30.2 Å². The highest BCUT2D eigenvalue weighted by molar-refractivity contribution is 5.79. The summed E-state index contributed by atoms with van der Waals surface area (Å²) < 4.78 is 3.90. The van der Waals surface area contributed by atoms with E-state index in [1.807, 2.05) is 24.9 Å². The summed E-state index contributed by atoms with van der Waals surface area (Å²) in [6.45, 7) is 9.67. The lowest BCUT2D eigenvalue weighted by molar-refractivity contribution is 0.567. The molecule has 0 saturated carbocycles. The van der Waals surface area contributed by atoms with Crippen LogP contribution in [-0.4, -0.2) is 45.2 Å². The van der Waals surface area contributed by atoms with E-state index in [1.54, 1.807) is 0 Å². The first-order chi connectivity index (χ1) is 12.1. The quantitative estimate of drug-likeness (QED) is 0.413. The van der Waals surface area contributed by atoms with Crippen LogP contribution in [0.3, 0.4) is 0 Å². The van der Waals surface area contributed by atoms with Gasteiger partial charge in [0.2, 0.25) is 0 Å². The molecule has 2 aromatic rings. The summed E-state index contributed by atoms with van der Waals surface area (Å²) in [5.41, 5.74) is 3.56. The summed E-state index contributed by atoms with van der Waals surface area (Å²) in [6.07, 6.45) is 7.06. The second-order valence-corrected chi connectivity index (χ2v) is 6.32. The molecule has 138 valence electrons. The van der Waals surface area contributed by atoms with Gasteiger partial charge in [-0.3, -0.25) is 14.4 Å². The lowest BCUT2D eigenvalue weighted by Crippen LogP contribution is -2.38. The first kappa shape index (κ1) is 19.0. The van der Waals surface area contributed by atoms with Crippen LogP contribution in [0.15, 0.2) is 23.5 Å². The Labute approximate surface area is 150 Å². The van der Waals surface area contributed by atoms with E-state index in [-0.39, 0.29) is 0 Å². The fourth-order valence-corrected chi connectivity index (χ4v) is 2.75. The van der Waals surface area contributed by atoms with Crippen LogP contribution in [0.25, 0.3) is 0 Å². The Bertz CT molecular complexity index is 669. The maximum atomic E-state index is 4.65. The van der Waals surface area contributed by atoms with Crippen LogP contribution in [0, 0.1) is 13.8 Å². The van der Waals surface area contributed by atoms with E-state index < -0.39 is 0 Å². The zero-order valence-electron chi connectivity index (χ0n) is 15.9. The van der Waals surface area contributed by atoms with E-state index in [9.17, 15) is 0 Å². The Balaban J connectivity index is 1.69. The molecule has 7 heteroatoms. The van der Waals surface area contributed by atoms with Crippen molar-refractivity contribution in [2.24, 2.45) is 12.0 Å². The van der Waals surface area contributed by atoms with Crippen LogP contribution in [0.2, 0.25) is 0 Å². The molecule has 0 aromatic carbocycles. The smallest absolute Gasteiger partial charge is 0.191 e. The van der Waals surface area contributed by atoms with E-state index in [1.165, 1.54) is 11.3 Å². The second kappa shape index (κ2) is 9.86. The summed E-state index contributed by atoms with van der Waals surface area (Å²) >= 11 is 0. The first-order valence-corrected chi connectivity index (χ1v) is 9.09. The average Bonchev–Trinajstić information content (AvgIpc) is 3.12. The van der Waals surface area contributed by atoms with Crippen LogP contribution >= 0.6 is 0 Å². The van der Waals surface area contributed by atoms with Crippen molar-refractivity contribution in [3.63, 3.8) is 0 Å². The topological polar surface area (TPSA) is 72.1 Å². The molecule has 0 fully saturated rings.